The molecule has 0 amide bonds. The monoisotopic (exact) mass is 316 g/mol. The van der Waals surface area contributed by atoms with Crippen molar-refractivity contribution in [1.82, 2.24) is 9.88 Å². The normalized spacial score (nSPS) is 20.7. The molecule has 3 rings (SSSR count). The molecule has 1 aliphatic heterocycles. The van der Waals surface area contributed by atoms with Crippen molar-refractivity contribution in [3.05, 3.63) is 52.0 Å². The van der Waals surface area contributed by atoms with Gasteiger partial charge in [0.05, 0.1) is 17.7 Å². The molecule has 1 N–H and O–H groups in total. The third-order valence-electron chi connectivity index (χ3n) is 4.34. The van der Waals surface area contributed by atoms with Gasteiger partial charge in [-0.05, 0) is 60.3 Å². The number of nitrogens with zero attached hydrogens (tertiary/aromatic N) is 2. The Kier molecular flexibility index (Phi) is 4.55. The van der Waals surface area contributed by atoms with Crippen LogP contribution in [0.2, 0.25) is 0 Å². The van der Waals surface area contributed by atoms with Gasteiger partial charge in [0.1, 0.15) is 0 Å². The Balaban J connectivity index is 1.96. The number of aliphatic carboxylic acids is 1. The van der Waals surface area contributed by atoms with Crippen LogP contribution >= 0.6 is 11.3 Å². The summed E-state index contributed by atoms with van der Waals surface area (Å²) in [6, 6.07) is 6.18. The second-order valence-electron chi connectivity index (χ2n) is 5.84. The van der Waals surface area contributed by atoms with Gasteiger partial charge in [-0.15, -0.1) is 0 Å². The molecule has 0 bridgehead atoms. The number of piperidine rings is 1. The standard InChI is InChI=1S/C17H20N2O2S/c1-12-4-2-7-18-15(12)16(14-6-9-22-11-14)19-8-3-5-13(10-19)17(20)21/h2,4,6-7,9,11,13,16H,3,5,8,10H2,1H3,(H,20,21). The number of carbonyl (C=O) groups is 1. The van der Waals surface area contributed by atoms with Gasteiger partial charge in [0.2, 0.25) is 0 Å². The van der Waals surface area contributed by atoms with Crippen LogP contribution in [0.4, 0.5) is 0 Å². The van der Waals surface area contributed by atoms with Gasteiger partial charge in [-0.1, -0.05) is 6.07 Å². The van der Waals surface area contributed by atoms with Gasteiger partial charge in [-0.3, -0.25) is 14.7 Å². The lowest BCUT2D eigenvalue weighted by molar-refractivity contribution is -0.143. The predicted molar refractivity (Wildman–Crippen MR) is 87.1 cm³/mol. The molecule has 2 aromatic heterocycles. The highest BCUT2D eigenvalue weighted by Crippen LogP contribution is 2.34. The third kappa shape index (κ3) is 3.05. The highest BCUT2D eigenvalue weighted by atomic mass is 32.1. The van der Waals surface area contributed by atoms with Crippen molar-refractivity contribution in [3.8, 4) is 0 Å². The van der Waals surface area contributed by atoms with Crippen LogP contribution in [0.25, 0.3) is 0 Å². The first-order valence-electron chi connectivity index (χ1n) is 7.57. The van der Waals surface area contributed by atoms with Crippen molar-refractivity contribution >= 4 is 17.3 Å². The highest BCUT2D eigenvalue weighted by molar-refractivity contribution is 7.08. The number of aromatic nitrogens is 1. The van der Waals surface area contributed by atoms with E-state index >= 15 is 0 Å². The van der Waals surface area contributed by atoms with Crippen LogP contribution < -0.4 is 0 Å². The SMILES string of the molecule is Cc1cccnc1C(c1ccsc1)N1CCCC(C(=O)O)C1. The number of likely N-dealkylation sites (tertiary alicyclic amines) is 1. The van der Waals surface area contributed by atoms with Crippen LogP contribution in [-0.4, -0.2) is 34.0 Å². The Morgan fingerprint density at radius 3 is 3.05 bits per heavy atom. The van der Waals surface area contributed by atoms with Crippen LogP contribution in [0.15, 0.2) is 35.2 Å². The second kappa shape index (κ2) is 6.58. The number of thiophene rings is 1. The predicted octanol–water partition coefficient (Wildman–Crippen LogP) is 3.34. The van der Waals surface area contributed by atoms with Crippen LogP contribution in [0.3, 0.4) is 0 Å². The van der Waals surface area contributed by atoms with Crippen LogP contribution in [0.1, 0.15) is 35.7 Å². The van der Waals surface area contributed by atoms with E-state index in [0.717, 1.165) is 30.6 Å². The molecule has 2 aromatic rings. The molecule has 5 heteroatoms. The lowest BCUT2D eigenvalue weighted by atomic mass is 9.93. The molecule has 22 heavy (non-hydrogen) atoms. The number of carboxylic acid groups (broad SMARTS) is 1. The number of pyridine rings is 1. The van der Waals surface area contributed by atoms with E-state index in [1.165, 1.54) is 5.56 Å². The molecular formula is C17H20N2O2S. The highest BCUT2D eigenvalue weighted by Gasteiger charge is 2.32. The number of hydrogen-bond donors (Lipinski definition) is 1. The fourth-order valence-electron chi connectivity index (χ4n) is 3.20. The summed E-state index contributed by atoms with van der Waals surface area (Å²) in [6.07, 6.45) is 3.51. The van der Waals surface area contributed by atoms with Gasteiger partial charge in [-0.25, -0.2) is 0 Å². The topological polar surface area (TPSA) is 53.4 Å². The maximum Gasteiger partial charge on any atom is 0.307 e. The fourth-order valence-corrected chi connectivity index (χ4v) is 3.88. The summed E-state index contributed by atoms with van der Waals surface area (Å²) in [6.45, 7) is 3.58. The Hall–Kier alpha value is -1.72. The zero-order chi connectivity index (χ0) is 15.5. The lowest BCUT2D eigenvalue weighted by Crippen LogP contribution is -2.41. The van der Waals surface area contributed by atoms with Gasteiger partial charge in [-0.2, -0.15) is 11.3 Å². The minimum atomic E-state index is -0.688. The Bertz CT molecular complexity index is 642. The minimum absolute atomic E-state index is 0.0506. The van der Waals surface area contributed by atoms with E-state index in [0.29, 0.717) is 6.54 Å². The maximum atomic E-state index is 11.4. The van der Waals surface area contributed by atoms with Crippen molar-refractivity contribution in [3.63, 3.8) is 0 Å². The summed E-state index contributed by atoms with van der Waals surface area (Å²) in [7, 11) is 0. The molecule has 0 saturated carbocycles. The summed E-state index contributed by atoms with van der Waals surface area (Å²) in [5.74, 6) is -0.967. The van der Waals surface area contributed by atoms with Gasteiger partial charge < -0.3 is 5.11 Å². The van der Waals surface area contributed by atoms with E-state index in [1.807, 2.05) is 12.3 Å². The van der Waals surface area contributed by atoms with Crippen LogP contribution in [0, 0.1) is 12.8 Å². The van der Waals surface area contributed by atoms with Crippen molar-refractivity contribution in [2.24, 2.45) is 5.92 Å². The van der Waals surface area contributed by atoms with Gasteiger partial charge in [0.15, 0.2) is 0 Å². The van der Waals surface area contributed by atoms with Gasteiger partial charge in [0.25, 0.3) is 0 Å². The smallest absolute Gasteiger partial charge is 0.307 e. The van der Waals surface area contributed by atoms with E-state index in [4.69, 9.17) is 0 Å². The van der Waals surface area contributed by atoms with Crippen LogP contribution in [-0.2, 0) is 4.79 Å². The van der Waals surface area contributed by atoms with E-state index in [-0.39, 0.29) is 12.0 Å². The van der Waals surface area contributed by atoms with Crippen molar-refractivity contribution in [1.29, 1.82) is 0 Å². The molecule has 0 aliphatic carbocycles. The average Bonchev–Trinajstić information content (AvgIpc) is 3.04. The van der Waals surface area contributed by atoms with E-state index in [1.54, 1.807) is 11.3 Å². The van der Waals surface area contributed by atoms with Crippen LogP contribution in [0.5, 0.6) is 0 Å². The molecule has 0 aromatic carbocycles. The van der Waals surface area contributed by atoms with Crippen molar-refractivity contribution < 1.29 is 9.90 Å². The summed E-state index contributed by atoms with van der Waals surface area (Å²) >= 11 is 1.67. The van der Waals surface area contributed by atoms with Crippen molar-refractivity contribution in [2.75, 3.05) is 13.1 Å². The molecule has 1 aliphatic rings. The van der Waals surface area contributed by atoms with E-state index in [2.05, 4.69) is 39.7 Å². The fraction of sp³-hybridized carbons (Fsp3) is 0.412. The first-order valence-corrected chi connectivity index (χ1v) is 8.51. The van der Waals surface area contributed by atoms with E-state index < -0.39 is 5.97 Å². The Morgan fingerprint density at radius 2 is 2.36 bits per heavy atom. The number of rotatable bonds is 4. The Labute approximate surface area is 134 Å². The molecular weight excluding hydrogens is 296 g/mol. The zero-order valence-corrected chi connectivity index (χ0v) is 13.4. The second-order valence-corrected chi connectivity index (χ2v) is 6.62. The van der Waals surface area contributed by atoms with E-state index in [9.17, 15) is 9.90 Å². The first kappa shape index (κ1) is 15.2. The van der Waals surface area contributed by atoms with Crippen molar-refractivity contribution in [2.45, 2.75) is 25.8 Å². The molecule has 1 fully saturated rings. The molecule has 0 radical (unpaired) electrons. The molecule has 3 heterocycles. The average molecular weight is 316 g/mol. The maximum absolute atomic E-state index is 11.4. The molecule has 2 unspecified atom stereocenters. The molecule has 116 valence electrons. The summed E-state index contributed by atoms with van der Waals surface area (Å²) < 4.78 is 0. The van der Waals surface area contributed by atoms with Gasteiger partial charge >= 0.3 is 5.97 Å². The largest absolute Gasteiger partial charge is 0.481 e. The summed E-state index contributed by atoms with van der Waals surface area (Å²) in [4.78, 5) is 18.2. The summed E-state index contributed by atoms with van der Waals surface area (Å²) in [5, 5.41) is 13.6. The van der Waals surface area contributed by atoms with Gasteiger partial charge in [0, 0.05) is 12.7 Å². The molecule has 0 spiro atoms. The minimum Gasteiger partial charge on any atom is -0.481 e. The lowest BCUT2D eigenvalue weighted by Gasteiger charge is -2.37. The Morgan fingerprint density at radius 1 is 1.50 bits per heavy atom. The number of hydrogen-bond acceptors (Lipinski definition) is 4. The zero-order valence-electron chi connectivity index (χ0n) is 12.6. The molecule has 4 nitrogen and oxygen atoms in total. The third-order valence-corrected chi connectivity index (χ3v) is 5.04. The molecule has 1 saturated heterocycles. The number of aryl methyl sites for hydroxylation is 1. The quantitative estimate of drug-likeness (QED) is 0.940. The first-order chi connectivity index (χ1) is 10.7. The molecule has 2 atom stereocenters. The summed E-state index contributed by atoms with van der Waals surface area (Å²) in [5.41, 5.74) is 3.39. The number of carboxylic acids is 1.